The van der Waals surface area contributed by atoms with Crippen molar-refractivity contribution in [3.05, 3.63) is 113 Å². The number of nitrogens with zero attached hydrogens (tertiary/aromatic N) is 4. The standard InChI is InChI=1S/C36H31ClN4O7/c1-19(42)46-32-31(48-35(33(32)47-20(2)43)41-18-40-30-29(23-8-9-23)38-17-39-34(30)41)28(22-10-13-25(37)14-11-22)27-16-24(12-15-26(27)36(44)45)21-6-4-3-5-7-21/h3-7,10-18,23,28,31-33,35H,8-9H2,1-2H3,(H,44,45)/t28?,31-,32-,33-,35+/m1/s1. The molecule has 48 heavy (non-hydrogen) atoms. The Morgan fingerprint density at radius 1 is 0.896 bits per heavy atom. The molecule has 0 spiro atoms. The topological polar surface area (TPSA) is 143 Å². The molecule has 12 heteroatoms. The number of hydrogen-bond donors (Lipinski definition) is 1. The highest BCUT2D eigenvalue weighted by Gasteiger charge is 2.54. The molecule has 1 aliphatic heterocycles. The molecule has 1 unspecified atom stereocenters. The molecule has 5 aromatic rings. The largest absolute Gasteiger partial charge is 0.478 e. The molecule has 5 atom stereocenters. The van der Waals surface area contributed by atoms with Gasteiger partial charge in [-0.25, -0.2) is 19.7 Å². The Morgan fingerprint density at radius 2 is 1.60 bits per heavy atom. The van der Waals surface area contributed by atoms with Gasteiger partial charge in [0.2, 0.25) is 0 Å². The summed E-state index contributed by atoms with van der Waals surface area (Å²) in [4.78, 5) is 51.7. The highest BCUT2D eigenvalue weighted by molar-refractivity contribution is 6.30. The van der Waals surface area contributed by atoms with Gasteiger partial charge in [0.1, 0.15) is 17.9 Å². The summed E-state index contributed by atoms with van der Waals surface area (Å²) in [7, 11) is 0. The van der Waals surface area contributed by atoms with E-state index in [1.807, 2.05) is 36.4 Å². The first-order chi connectivity index (χ1) is 23.2. The molecule has 0 bridgehead atoms. The van der Waals surface area contributed by atoms with Crippen LogP contribution < -0.4 is 0 Å². The number of benzene rings is 3. The molecule has 1 saturated carbocycles. The maximum absolute atomic E-state index is 12.8. The fourth-order valence-electron chi connectivity index (χ4n) is 6.55. The first-order valence-electron chi connectivity index (χ1n) is 15.5. The van der Waals surface area contributed by atoms with Crippen LogP contribution in [0.25, 0.3) is 22.3 Å². The van der Waals surface area contributed by atoms with E-state index in [1.165, 1.54) is 20.2 Å². The fourth-order valence-corrected chi connectivity index (χ4v) is 6.68. The third-order valence-electron chi connectivity index (χ3n) is 8.74. The minimum atomic E-state index is -1.17. The molecule has 1 aliphatic carbocycles. The van der Waals surface area contributed by atoms with Crippen molar-refractivity contribution >= 4 is 40.7 Å². The Morgan fingerprint density at radius 3 is 2.27 bits per heavy atom. The Labute approximate surface area is 280 Å². The van der Waals surface area contributed by atoms with Gasteiger partial charge >= 0.3 is 17.9 Å². The van der Waals surface area contributed by atoms with Crippen molar-refractivity contribution in [3.8, 4) is 11.1 Å². The first kappa shape index (κ1) is 31.5. The van der Waals surface area contributed by atoms with E-state index in [0.717, 1.165) is 29.7 Å². The van der Waals surface area contributed by atoms with Gasteiger partial charge in [-0.05, 0) is 59.4 Å². The summed E-state index contributed by atoms with van der Waals surface area (Å²) < 4.78 is 20.3. The van der Waals surface area contributed by atoms with Gasteiger partial charge in [-0.15, -0.1) is 0 Å². The summed E-state index contributed by atoms with van der Waals surface area (Å²) >= 11 is 6.30. The molecule has 3 heterocycles. The number of carboxylic acids is 1. The number of halogens is 1. The van der Waals surface area contributed by atoms with Crippen molar-refractivity contribution in [2.24, 2.45) is 0 Å². The maximum atomic E-state index is 12.8. The van der Waals surface area contributed by atoms with Crippen molar-refractivity contribution in [2.45, 2.75) is 63.1 Å². The summed E-state index contributed by atoms with van der Waals surface area (Å²) in [6.45, 7) is 2.52. The lowest BCUT2D eigenvalue weighted by Crippen LogP contribution is -2.41. The summed E-state index contributed by atoms with van der Waals surface area (Å²) in [5, 5.41) is 10.9. The number of carboxylic acid groups (broad SMARTS) is 1. The number of aromatic nitrogens is 4. The van der Waals surface area contributed by atoms with E-state index in [2.05, 4.69) is 15.0 Å². The molecular weight excluding hydrogens is 636 g/mol. The van der Waals surface area contributed by atoms with E-state index in [9.17, 15) is 19.5 Å². The molecule has 2 fully saturated rings. The Bertz CT molecular complexity index is 2010. The summed E-state index contributed by atoms with van der Waals surface area (Å²) in [6.07, 6.45) is 0.622. The molecule has 244 valence electrons. The second-order valence-electron chi connectivity index (χ2n) is 12.0. The van der Waals surface area contributed by atoms with Crippen LogP contribution in [-0.2, 0) is 23.8 Å². The lowest BCUT2D eigenvalue weighted by Gasteiger charge is -2.30. The third kappa shape index (κ3) is 6.02. The van der Waals surface area contributed by atoms with Gasteiger partial charge in [0.05, 0.1) is 17.6 Å². The molecule has 0 amide bonds. The molecule has 1 N–H and O–H groups in total. The van der Waals surface area contributed by atoms with Crippen LogP contribution in [0.5, 0.6) is 0 Å². The highest BCUT2D eigenvalue weighted by Crippen LogP contribution is 2.46. The number of fused-ring (bicyclic) bond motifs is 1. The molecule has 7 rings (SSSR count). The number of imidazole rings is 1. The quantitative estimate of drug-likeness (QED) is 0.178. The number of hydrogen-bond acceptors (Lipinski definition) is 9. The summed E-state index contributed by atoms with van der Waals surface area (Å²) in [5.41, 5.74) is 4.64. The first-order valence-corrected chi connectivity index (χ1v) is 15.9. The highest BCUT2D eigenvalue weighted by atomic mass is 35.5. The van der Waals surface area contributed by atoms with Crippen LogP contribution in [0.4, 0.5) is 0 Å². The van der Waals surface area contributed by atoms with Crippen LogP contribution >= 0.6 is 11.6 Å². The third-order valence-corrected chi connectivity index (χ3v) is 8.99. The number of ether oxygens (including phenoxy) is 3. The predicted molar refractivity (Wildman–Crippen MR) is 174 cm³/mol. The maximum Gasteiger partial charge on any atom is 0.335 e. The Balaban J connectivity index is 1.43. The van der Waals surface area contributed by atoms with E-state index < -0.39 is 48.4 Å². The minimum absolute atomic E-state index is 0.0298. The van der Waals surface area contributed by atoms with Crippen LogP contribution in [0.2, 0.25) is 5.02 Å². The molecule has 2 aromatic heterocycles. The zero-order valence-corrected chi connectivity index (χ0v) is 26.8. The Hall–Kier alpha value is -5.13. The van der Waals surface area contributed by atoms with Crippen molar-refractivity contribution in [2.75, 3.05) is 0 Å². The van der Waals surface area contributed by atoms with Crippen LogP contribution in [0.3, 0.4) is 0 Å². The lowest BCUT2D eigenvalue weighted by molar-refractivity contribution is -0.165. The van der Waals surface area contributed by atoms with Gasteiger partial charge in [0.25, 0.3) is 0 Å². The SMILES string of the molecule is CC(=O)O[C@@H]1[C@H](OC(C)=O)[C@@H](C(c2ccc(Cl)cc2)c2cc(-c3ccccc3)ccc2C(=O)O)O[C@@H]1n1cnc2c(C3CC3)ncnc21. The van der Waals surface area contributed by atoms with Gasteiger partial charge in [-0.3, -0.25) is 14.2 Å². The zero-order chi connectivity index (χ0) is 33.5. The van der Waals surface area contributed by atoms with Gasteiger partial charge in [0.15, 0.2) is 24.1 Å². The zero-order valence-electron chi connectivity index (χ0n) is 26.0. The predicted octanol–water partition coefficient (Wildman–Crippen LogP) is 6.32. The molecule has 11 nitrogen and oxygen atoms in total. The minimum Gasteiger partial charge on any atom is -0.478 e. The second-order valence-corrected chi connectivity index (χ2v) is 12.4. The van der Waals surface area contributed by atoms with Crippen molar-refractivity contribution in [1.29, 1.82) is 0 Å². The number of carbonyl (C=O) groups is 3. The molecular formula is C36H31ClN4O7. The normalized spacial score (nSPS) is 21.1. The monoisotopic (exact) mass is 666 g/mol. The van der Waals surface area contributed by atoms with Crippen LogP contribution in [0.1, 0.15) is 71.9 Å². The van der Waals surface area contributed by atoms with Crippen LogP contribution in [-0.4, -0.2) is 60.8 Å². The van der Waals surface area contributed by atoms with Gasteiger partial charge in [0, 0.05) is 30.7 Å². The average Bonchev–Trinajstić information content (AvgIpc) is 3.75. The lowest BCUT2D eigenvalue weighted by atomic mass is 9.80. The average molecular weight is 667 g/mol. The smallest absolute Gasteiger partial charge is 0.335 e. The molecule has 3 aromatic carbocycles. The molecule has 1 saturated heterocycles. The summed E-state index contributed by atoms with van der Waals surface area (Å²) in [5.74, 6) is -2.95. The molecule has 2 aliphatic rings. The van der Waals surface area contributed by atoms with E-state index in [4.69, 9.17) is 25.8 Å². The van der Waals surface area contributed by atoms with E-state index in [-0.39, 0.29) is 11.5 Å². The Kier molecular flexibility index (Phi) is 8.40. The van der Waals surface area contributed by atoms with Crippen LogP contribution in [0.15, 0.2) is 85.5 Å². The van der Waals surface area contributed by atoms with E-state index in [1.54, 1.807) is 47.3 Å². The van der Waals surface area contributed by atoms with Crippen LogP contribution in [0, 0.1) is 0 Å². The van der Waals surface area contributed by atoms with Gasteiger partial charge < -0.3 is 19.3 Å². The second kappa shape index (κ2) is 12.8. The van der Waals surface area contributed by atoms with Gasteiger partial charge in [-0.2, -0.15) is 0 Å². The fraction of sp³-hybridized carbons (Fsp3) is 0.278. The number of aromatic carboxylic acids is 1. The number of rotatable bonds is 9. The summed E-state index contributed by atoms with van der Waals surface area (Å²) in [6, 6.07) is 21.6. The van der Waals surface area contributed by atoms with E-state index in [0.29, 0.717) is 27.3 Å². The number of esters is 2. The van der Waals surface area contributed by atoms with Crippen molar-refractivity contribution in [1.82, 2.24) is 19.5 Å². The van der Waals surface area contributed by atoms with Gasteiger partial charge in [-0.1, -0.05) is 60.1 Å². The van der Waals surface area contributed by atoms with Crippen molar-refractivity contribution < 1.29 is 33.7 Å². The molecule has 0 radical (unpaired) electrons. The van der Waals surface area contributed by atoms with Crippen molar-refractivity contribution in [3.63, 3.8) is 0 Å². The number of carbonyl (C=O) groups excluding carboxylic acids is 2. The van der Waals surface area contributed by atoms with E-state index >= 15 is 0 Å².